The summed E-state index contributed by atoms with van der Waals surface area (Å²) < 4.78 is 3.53. The topological polar surface area (TPSA) is 64.7 Å². The number of hydrogen-bond acceptors (Lipinski definition) is 3. The lowest BCUT2D eigenvalue weighted by molar-refractivity contribution is 0.102. The van der Waals surface area contributed by atoms with Gasteiger partial charge in [-0.2, -0.15) is 10.2 Å². The van der Waals surface area contributed by atoms with Gasteiger partial charge in [-0.15, -0.1) is 0 Å². The van der Waals surface area contributed by atoms with Gasteiger partial charge in [0.2, 0.25) is 0 Å². The highest BCUT2D eigenvalue weighted by Crippen LogP contribution is 2.25. The number of rotatable bonds is 6. The molecule has 164 valence electrons. The van der Waals surface area contributed by atoms with Gasteiger partial charge in [0.15, 0.2) is 0 Å². The van der Waals surface area contributed by atoms with Crippen molar-refractivity contribution < 1.29 is 4.79 Å². The molecule has 2 aromatic carbocycles. The van der Waals surface area contributed by atoms with Gasteiger partial charge in [0.05, 0.1) is 41.4 Å². The second-order valence-corrected chi connectivity index (χ2v) is 8.61. The van der Waals surface area contributed by atoms with E-state index in [-0.39, 0.29) is 5.91 Å². The van der Waals surface area contributed by atoms with Crippen LogP contribution < -0.4 is 5.32 Å². The molecule has 0 aliphatic heterocycles. The molecule has 0 fully saturated rings. The number of nitrogens with one attached hydrogen (secondary N) is 1. The predicted octanol–water partition coefficient (Wildman–Crippen LogP) is 6.01. The number of nitrogens with zero attached hydrogens (tertiary/aromatic N) is 4. The zero-order chi connectivity index (χ0) is 22.8. The number of anilines is 1. The maximum atomic E-state index is 12.6. The van der Waals surface area contributed by atoms with Gasteiger partial charge in [0.25, 0.3) is 5.91 Å². The van der Waals surface area contributed by atoms with E-state index in [1.807, 2.05) is 30.7 Å². The third-order valence-electron chi connectivity index (χ3n) is 5.11. The summed E-state index contributed by atoms with van der Waals surface area (Å²) in [6.07, 6.45) is 3.32. The van der Waals surface area contributed by atoms with Crippen molar-refractivity contribution in [1.82, 2.24) is 19.6 Å². The molecule has 6 nitrogen and oxygen atoms in total. The first-order valence-electron chi connectivity index (χ1n) is 9.87. The lowest BCUT2D eigenvalue weighted by Crippen LogP contribution is -2.12. The smallest absolute Gasteiger partial charge is 0.255 e. The van der Waals surface area contributed by atoms with Crippen molar-refractivity contribution in [2.24, 2.45) is 0 Å². The fourth-order valence-electron chi connectivity index (χ4n) is 3.33. The standard InChI is InChI=1S/C23H20Cl3N5O/c1-14-22(26)15(2)31(29-14)11-16-6-8-17(9-7-16)23(32)28-18-10-27-30(12-18)13-19-20(24)4-3-5-21(19)25/h3-10,12H,11,13H2,1-2H3,(H,28,32). The molecule has 0 aliphatic rings. The van der Waals surface area contributed by atoms with E-state index in [1.165, 1.54) is 0 Å². The molecule has 0 bridgehead atoms. The second-order valence-electron chi connectivity index (χ2n) is 7.42. The molecule has 0 radical (unpaired) electrons. The number of benzene rings is 2. The summed E-state index contributed by atoms with van der Waals surface area (Å²) in [6, 6.07) is 12.7. The highest BCUT2D eigenvalue weighted by atomic mass is 35.5. The van der Waals surface area contributed by atoms with E-state index in [2.05, 4.69) is 15.5 Å². The van der Waals surface area contributed by atoms with Crippen molar-refractivity contribution in [3.8, 4) is 0 Å². The van der Waals surface area contributed by atoms with Crippen LogP contribution in [0.4, 0.5) is 5.69 Å². The van der Waals surface area contributed by atoms with Crippen LogP contribution in [0.5, 0.6) is 0 Å². The molecule has 2 heterocycles. The summed E-state index contributed by atoms with van der Waals surface area (Å²) in [6.45, 7) is 4.80. The minimum Gasteiger partial charge on any atom is -0.319 e. The molecule has 0 spiro atoms. The van der Waals surface area contributed by atoms with Crippen molar-refractivity contribution in [2.75, 3.05) is 5.32 Å². The summed E-state index contributed by atoms with van der Waals surface area (Å²) in [5, 5.41) is 13.4. The predicted molar refractivity (Wildman–Crippen MR) is 128 cm³/mol. The van der Waals surface area contributed by atoms with Crippen LogP contribution in [0.2, 0.25) is 15.1 Å². The number of carbonyl (C=O) groups is 1. The maximum Gasteiger partial charge on any atom is 0.255 e. The van der Waals surface area contributed by atoms with E-state index in [0.717, 1.165) is 22.5 Å². The number of amides is 1. The molecule has 0 saturated carbocycles. The van der Waals surface area contributed by atoms with Gasteiger partial charge in [-0.25, -0.2) is 0 Å². The summed E-state index contributed by atoms with van der Waals surface area (Å²) in [5.41, 5.74) is 4.64. The fourth-order valence-corrected chi connectivity index (χ4v) is 3.98. The molecule has 1 N–H and O–H groups in total. The summed E-state index contributed by atoms with van der Waals surface area (Å²) in [5.74, 6) is -0.221. The van der Waals surface area contributed by atoms with Gasteiger partial charge in [0.1, 0.15) is 0 Å². The molecule has 1 amide bonds. The fraction of sp³-hybridized carbons (Fsp3) is 0.174. The number of hydrogen-bond donors (Lipinski definition) is 1. The zero-order valence-corrected chi connectivity index (χ0v) is 19.7. The van der Waals surface area contributed by atoms with Crippen LogP contribution in [-0.2, 0) is 13.1 Å². The van der Waals surface area contributed by atoms with Gasteiger partial charge >= 0.3 is 0 Å². The van der Waals surface area contributed by atoms with Crippen molar-refractivity contribution >= 4 is 46.4 Å². The molecule has 9 heteroatoms. The van der Waals surface area contributed by atoms with Gasteiger partial charge in [0, 0.05) is 27.4 Å². The first kappa shape index (κ1) is 22.4. The minimum absolute atomic E-state index is 0.221. The zero-order valence-electron chi connectivity index (χ0n) is 17.4. The van der Waals surface area contributed by atoms with Gasteiger partial charge in [-0.1, -0.05) is 53.0 Å². The Morgan fingerprint density at radius 3 is 2.31 bits per heavy atom. The molecular formula is C23H20Cl3N5O. The van der Waals surface area contributed by atoms with E-state index in [4.69, 9.17) is 34.8 Å². The quantitative estimate of drug-likeness (QED) is 0.362. The van der Waals surface area contributed by atoms with E-state index < -0.39 is 0 Å². The van der Waals surface area contributed by atoms with Gasteiger partial charge < -0.3 is 5.32 Å². The molecule has 4 rings (SSSR count). The van der Waals surface area contributed by atoms with E-state index >= 15 is 0 Å². The molecule has 0 saturated heterocycles. The third kappa shape index (κ3) is 4.83. The van der Waals surface area contributed by atoms with Crippen LogP contribution >= 0.6 is 34.8 Å². The third-order valence-corrected chi connectivity index (χ3v) is 6.37. The highest BCUT2D eigenvalue weighted by Gasteiger charge is 2.12. The maximum absolute atomic E-state index is 12.6. The van der Waals surface area contributed by atoms with Gasteiger partial charge in [-0.3, -0.25) is 14.2 Å². The molecule has 0 aliphatic carbocycles. The molecule has 2 aromatic heterocycles. The Hall–Kier alpha value is -2.80. The van der Waals surface area contributed by atoms with Crippen LogP contribution in [0, 0.1) is 13.8 Å². The minimum atomic E-state index is -0.221. The van der Waals surface area contributed by atoms with Crippen LogP contribution in [0.25, 0.3) is 0 Å². The lowest BCUT2D eigenvalue weighted by Gasteiger charge is -2.07. The van der Waals surface area contributed by atoms with Crippen LogP contribution in [0.3, 0.4) is 0 Å². The van der Waals surface area contributed by atoms with Crippen molar-refractivity contribution in [2.45, 2.75) is 26.9 Å². The normalized spacial score (nSPS) is 11.0. The Bertz CT molecular complexity index is 1260. The van der Waals surface area contributed by atoms with Crippen LogP contribution in [0.1, 0.15) is 32.9 Å². The Morgan fingerprint density at radius 1 is 1.00 bits per heavy atom. The first-order valence-corrected chi connectivity index (χ1v) is 11.0. The van der Waals surface area contributed by atoms with Crippen molar-refractivity contribution in [3.63, 3.8) is 0 Å². The van der Waals surface area contributed by atoms with Crippen LogP contribution in [0.15, 0.2) is 54.9 Å². The highest BCUT2D eigenvalue weighted by molar-refractivity contribution is 6.36. The molecular weight excluding hydrogens is 469 g/mol. The Morgan fingerprint density at radius 2 is 1.69 bits per heavy atom. The van der Waals surface area contributed by atoms with Gasteiger partial charge in [-0.05, 0) is 43.7 Å². The second kappa shape index (κ2) is 9.36. The average molecular weight is 489 g/mol. The summed E-state index contributed by atoms with van der Waals surface area (Å²) in [7, 11) is 0. The number of aryl methyl sites for hydroxylation is 1. The van der Waals surface area contributed by atoms with E-state index in [1.54, 1.807) is 47.4 Å². The monoisotopic (exact) mass is 487 g/mol. The molecule has 0 atom stereocenters. The molecule has 0 unspecified atom stereocenters. The Balaban J connectivity index is 1.40. The van der Waals surface area contributed by atoms with Crippen LogP contribution in [-0.4, -0.2) is 25.5 Å². The lowest BCUT2D eigenvalue weighted by atomic mass is 10.1. The first-order chi connectivity index (χ1) is 15.3. The average Bonchev–Trinajstić information content (AvgIpc) is 3.31. The SMILES string of the molecule is Cc1nn(Cc2ccc(C(=O)Nc3cnn(Cc4c(Cl)cccc4Cl)c3)cc2)c(C)c1Cl. The summed E-state index contributed by atoms with van der Waals surface area (Å²) >= 11 is 18.7. The number of aromatic nitrogens is 4. The molecule has 4 aromatic rings. The number of halogens is 3. The summed E-state index contributed by atoms with van der Waals surface area (Å²) in [4.78, 5) is 12.6. The Labute approximate surface area is 200 Å². The van der Waals surface area contributed by atoms with Crippen molar-refractivity contribution in [1.29, 1.82) is 0 Å². The van der Waals surface area contributed by atoms with E-state index in [9.17, 15) is 4.79 Å². The van der Waals surface area contributed by atoms with Crippen molar-refractivity contribution in [3.05, 3.63) is 98.0 Å². The Kier molecular flexibility index (Phi) is 6.55. The number of carbonyl (C=O) groups excluding carboxylic acids is 1. The molecule has 32 heavy (non-hydrogen) atoms. The largest absolute Gasteiger partial charge is 0.319 e. The van der Waals surface area contributed by atoms with E-state index in [0.29, 0.717) is 39.4 Å².